The van der Waals surface area contributed by atoms with Crippen LogP contribution < -0.4 is 0 Å². The normalized spacial score (nSPS) is 11.1. The Labute approximate surface area is 114 Å². The van der Waals surface area contributed by atoms with E-state index in [1.807, 2.05) is 0 Å². The van der Waals surface area contributed by atoms with Crippen molar-refractivity contribution < 1.29 is 23.5 Å². The topological polar surface area (TPSA) is 52.6 Å². The van der Waals surface area contributed by atoms with E-state index in [4.69, 9.17) is 16.3 Å². The van der Waals surface area contributed by atoms with Gasteiger partial charge in [-0.2, -0.15) is 0 Å². The Morgan fingerprint density at radius 3 is 2.58 bits per heavy atom. The molecule has 0 atom stereocenters. The maximum Gasteiger partial charge on any atom is 0.379 e. The maximum atomic E-state index is 13.2. The second-order valence-electron chi connectivity index (χ2n) is 3.46. The van der Waals surface area contributed by atoms with Gasteiger partial charge in [-0.25, -0.2) is 9.18 Å². The van der Waals surface area contributed by atoms with E-state index in [1.54, 1.807) is 6.92 Å². The highest BCUT2D eigenvalue weighted by Crippen LogP contribution is 2.21. The van der Waals surface area contributed by atoms with Gasteiger partial charge < -0.3 is 9.47 Å². The van der Waals surface area contributed by atoms with Gasteiger partial charge in [-0.05, 0) is 25.1 Å². The van der Waals surface area contributed by atoms with Crippen molar-refractivity contribution in [2.24, 2.45) is 0 Å². The first-order valence-corrected chi connectivity index (χ1v) is 5.79. The van der Waals surface area contributed by atoms with Crippen LogP contribution in [0.1, 0.15) is 12.5 Å². The van der Waals surface area contributed by atoms with Crippen molar-refractivity contribution in [1.29, 1.82) is 0 Å². The molecular weight excluding hydrogens is 275 g/mol. The molecule has 0 aromatic heterocycles. The minimum absolute atomic E-state index is 0.0273. The van der Waals surface area contributed by atoms with Crippen LogP contribution in [0.2, 0.25) is 5.02 Å². The van der Waals surface area contributed by atoms with Gasteiger partial charge in [0, 0.05) is 16.7 Å². The lowest BCUT2D eigenvalue weighted by atomic mass is 10.1. The molecule has 0 bridgehead atoms. The minimum Gasteiger partial charge on any atom is -0.496 e. The van der Waals surface area contributed by atoms with Crippen LogP contribution in [-0.2, 0) is 19.1 Å². The quantitative estimate of drug-likeness (QED) is 0.361. The molecule has 1 rings (SSSR count). The van der Waals surface area contributed by atoms with Crippen LogP contribution in [0.25, 0.3) is 5.76 Å². The Morgan fingerprint density at radius 1 is 1.37 bits per heavy atom. The SMILES string of the molecule is CCOC(=O)C(=O)C=C(OC)c1cc(F)cc(Cl)c1. The number of hydrogen-bond donors (Lipinski definition) is 0. The fourth-order valence-electron chi connectivity index (χ4n) is 1.34. The highest BCUT2D eigenvalue weighted by atomic mass is 35.5. The average Bonchev–Trinajstić information content (AvgIpc) is 2.34. The van der Waals surface area contributed by atoms with Gasteiger partial charge in [0.2, 0.25) is 0 Å². The second-order valence-corrected chi connectivity index (χ2v) is 3.89. The summed E-state index contributed by atoms with van der Waals surface area (Å²) in [6.45, 7) is 1.67. The summed E-state index contributed by atoms with van der Waals surface area (Å²) in [6, 6.07) is 3.67. The Bertz CT molecular complexity index is 505. The van der Waals surface area contributed by atoms with Crippen molar-refractivity contribution in [3.63, 3.8) is 0 Å². The first-order chi connectivity index (χ1) is 8.97. The molecule has 0 aliphatic rings. The molecule has 0 unspecified atom stereocenters. The smallest absolute Gasteiger partial charge is 0.379 e. The number of methoxy groups -OCH3 is 1. The Morgan fingerprint density at radius 2 is 2.05 bits per heavy atom. The fourth-order valence-corrected chi connectivity index (χ4v) is 1.56. The predicted octanol–water partition coefficient (Wildman–Crippen LogP) is 2.60. The first kappa shape index (κ1) is 15.2. The van der Waals surface area contributed by atoms with Crippen LogP contribution in [0.3, 0.4) is 0 Å². The van der Waals surface area contributed by atoms with E-state index in [-0.39, 0.29) is 23.0 Å². The Hall–Kier alpha value is -1.88. The zero-order valence-electron chi connectivity index (χ0n) is 10.4. The average molecular weight is 287 g/mol. The molecule has 102 valence electrons. The molecule has 0 heterocycles. The lowest BCUT2D eigenvalue weighted by Crippen LogP contribution is -2.15. The summed E-state index contributed by atoms with van der Waals surface area (Å²) in [7, 11) is 1.29. The molecule has 0 N–H and O–H groups in total. The van der Waals surface area contributed by atoms with Crippen LogP contribution in [0, 0.1) is 5.82 Å². The van der Waals surface area contributed by atoms with Gasteiger partial charge in [-0.3, -0.25) is 4.79 Å². The molecule has 4 nitrogen and oxygen atoms in total. The third-order valence-corrected chi connectivity index (χ3v) is 2.32. The summed E-state index contributed by atoms with van der Waals surface area (Å²) in [5, 5.41) is 0.154. The number of esters is 1. The number of carbonyl (C=O) groups is 2. The van der Waals surface area contributed by atoms with Crippen molar-refractivity contribution >= 4 is 29.1 Å². The molecule has 0 aliphatic heterocycles. The summed E-state index contributed by atoms with van der Waals surface area (Å²) >= 11 is 5.70. The van der Waals surface area contributed by atoms with Crippen LogP contribution in [0.15, 0.2) is 24.3 Å². The van der Waals surface area contributed by atoms with Gasteiger partial charge in [-0.1, -0.05) is 11.6 Å². The molecule has 19 heavy (non-hydrogen) atoms. The molecular formula is C13H12ClFO4. The third kappa shape index (κ3) is 4.37. The molecule has 0 spiro atoms. The van der Waals surface area contributed by atoms with Crippen LogP contribution in [-0.4, -0.2) is 25.5 Å². The van der Waals surface area contributed by atoms with E-state index in [0.29, 0.717) is 0 Å². The van der Waals surface area contributed by atoms with Gasteiger partial charge in [0.15, 0.2) is 0 Å². The molecule has 1 aromatic carbocycles. The van der Waals surface area contributed by atoms with Gasteiger partial charge >= 0.3 is 5.97 Å². The molecule has 0 amide bonds. The molecule has 0 aliphatic carbocycles. The summed E-state index contributed by atoms with van der Waals surface area (Å²) in [5.41, 5.74) is 0.255. The van der Waals surface area contributed by atoms with Crippen molar-refractivity contribution in [2.45, 2.75) is 6.92 Å². The Balaban J connectivity index is 3.05. The monoisotopic (exact) mass is 286 g/mol. The van der Waals surface area contributed by atoms with Gasteiger partial charge in [-0.15, -0.1) is 0 Å². The van der Waals surface area contributed by atoms with Crippen molar-refractivity contribution in [3.8, 4) is 0 Å². The van der Waals surface area contributed by atoms with E-state index in [2.05, 4.69) is 4.74 Å². The molecule has 0 saturated heterocycles. The third-order valence-electron chi connectivity index (χ3n) is 2.11. The number of rotatable bonds is 5. The van der Waals surface area contributed by atoms with E-state index < -0.39 is 17.6 Å². The highest BCUT2D eigenvalue weighted by Gasteiger charge is 2.15. The summed E-state index contributed by atoms with van der Waals surface area (Å²) in [4.78, 5) is 22.7. The highest BCUT2D eigenvalue weighted by molar-refractivity contribution is 6.39. The predicted molar refractivity (Wildman–Crippen MR) is 68.0 cm³/mol. The van der Waals surface area contributed by atoms with Gasteiger partial charge in [0.1, 0.15) is 11.6 Å². The van der Waals surface area contributed by atoms with Crippen LogP contribution >= 0.6 is 11.6 Å². The summed E-state index contributed by atoms with van der Waals surface area (Å²) < 4.78 is 22.7. The first-order valence-electron chi connectivity index (χ1n) is 5.41. The zero-order valence-corrected chi connectivity index (χ0v) is 11.2. The van der Waals surface area contributed by atoms with E-state index in [0.717, 1.165) is 18.2 Å². The van der Waals surface area contributed by atoms with Crippen molar-refractivity contribution in [1.82, 2.24) is 0 Å². The number of ether oxygens (including phenoxy) is 2. The number of carbonyl (C=O) groups excluding carboxylic acids is 2. The van der Waals surface area contributed by atoms with Crippen molar-refractivity contribution in [3.05, 3.63) is 40.7 Å². The second kappa shape index (κ2) is 6.89. The fraction of sp³-hybridized carbons (Fsp3) is 0.231. The van der Waals surface area contributed by atoms with E-state index >= 15 is 0 Å². The lowest BCUT2D eigenvalue weighted by molar-refractivity contribution is -0.151. The van der Waals surface area contributed by atoms with Gasteiger partial charge in [0.25, 0.3) is 5.78 Å². The summed E-state index contributed by atoms with van der Waals surface area (Å²) in [6.07, 6.45) is 0.934. The number of halogens is 2. The maximum absolute atomic E-state index is 13.2. The van der Waals surface area contributed by atoms with Gasteiger partial charge in [0.05, 0.1) is 13.7 Å². The number of ketones is 1. The molecule has 0 saturated carbocycles. The molecule has 0 fully saturated rings. The number of hydrogen-bond acceptors (Lipinski definition) is 4. The number of benzene rings is 1. The van der Waals surface area contributed by atoms with Crippen LogP contribution in [0.5, 0.6) is 0 Å². The minimum atomic E-state index is -1.00. The lowest BCUT2D eigenvalue weighted by Gasteiger charge is -2.07. The zero-order chi connectivity index (χ0) is 14.4. The van der Waals surface area contributed by atoms with Crippen molar-refractivity contribution in [2.75, 3.05) is 13.7 Å². The molecule has 6 heteroatoms. The largest absolute Gasteiger partial charge is 0.496 e. The van der Waals surface area contributed by atoms with E-state index in [9.17, 15) is 14.0 Å². The molecule has 0 radical (unpaired) electrons. The summed E-state index contributed by atoms with van der Waals surface area (Å²) in [5.74, 6) is -2.44. The Kier molecular flexibility index (Phi) is 5.51. The molecule has 1 aromatic rings. The van der Waals surface area contributed by atoms with Crippen LogP contribution in [0.4, 0.5) is 4.39 Å². The standard InChI is InChI=1S/C13H12ClFO4/c1-3-19-13(17)11(16)7-12(18-2)8-4-9(14)6-10(15)5-8/h4-7H,3H2,1-2H3. The van der Waals surface area contributed by atoms with E-state index in [1.165, 1.54) is 13.2 Å².